The van der Waals surface area contributed by atoms with E-state index in [1.54, 1.807) is 20.5 Å². The van der Waals surface area contributed by atoms with Gasteiger partial charge >= 0.3 is 0 Å². The summed E-state index contributed by atoms with van der Waals surface area (Å²) in [7, 11) is 3.33. The second-order valence-corrected chi connectivity index (χ2v) is 3.88. The highest BCUT2D eigenvalue weighted by atomic mass is 16.5. The van der Waals surface area contributed by atoms with Gasteiger partial charge in [-0.1, -0.05) is 6.07 Å². The molecule has 1 aromatic carbocycles. The molecular formula is C13H16N2O2. The fourth-order valence-corrected chi connectivity index (χ4v) is 1.72. The van der Waals surface area contributed by atoms with Crippen LogP contribution in [-0.2, 0) is 11.3 Å². The molecule has 0 aliphatic heterocycles. The van der Waals surface area contributed by atoms with Crippen LogP contribution in [0.25, 0.3) is 5.69 Å². The van der Waals surface area contributed by atoms with E-state index in [1.807, 2.05) is 35.9 Å². The highest BCUT2D eigenvalue weighted by molar-refractivity contribution is 5.48. The third-order valence-corrected chi connectivity index (χ3v) is 2.54. The van der Waals surface area contributed by atoms with Crippen LogP contribution in [0, 0.1) is 6.92 Å². The van der Waals surface area contributed by atoms with Crippen molar-refractivity contribution in [2.24, 2.45) is 0 Å². The Morgan fingerprint density at radius 2 is 2.12 bits per heavy atom. The fraction of sp³-hybridized carbons (Fsp3) is 0.308. The first-order valence-electron chi connectivity index (χ1n) is 5.41. The van der Waals surface area contributed by atoms with Crippen LogP contribution >= 0.6 is 0 Å². The summed E-state index contributed by atoms with van der Waals surface area (Å²) >= 11 is 0. The molecule has 0 radical (unpaired) electrons. The molecule has 0 bridgehead atoms. The van der Waals surface area contributed by atoms with Crippen LogP contribution in [0.2, 0.25) is 0 Å². The van der Waals surface area contributed by atoms with Crippen molar-refractivity contribution >= 4 is 0 Å². The van der Waals surface area contributed by atoms with Gasteiger partial charge in [0.15, 0.2) is 0 Å². The normalized spacial score (nSPS) is 10.5. The third-order valence-electron chi connectivity index (χ3n) is 2.54. The number of benzene rings is 1. The molecule has 0 aliphatic rings. The molecule has 4 nitrogen and oxygen atoms in total. The molecule has 90 valence electrons. The van der Waals surface area contributed by atoms with Crippen molar-refractivity contribution in [1.29, 1.82) is 0 Å². The summed E-state index contributed by atoms with van der Waals surface area (Å²) in [4.78, 5) is 4.26. The first kappa shape index (κ1) is 11.7. The van der Waals surface area contributed by atoms with Crippen molar-refractivity contribution in [1.82, 2.24) is 9.55 Å². The van der Waals surface area contributed by atoms with Gasteiger partial charge in [-0.05, 0) is 24.6 Å². The molecule has 0 N–H and O–H groups in total. The number of ether oxygens (including phenoxy) is 2. The Morgan fingerprint density at radius 1 is 1.29 bits per heavy atom. The molecule has 1 aromatic heterocycles. The summed E-state index contributed by atoms with van der Waals surface area (Å²) in [6, 6.07) is 6.08. The molecule has 17 heavy (non-hydrogen) atoms. The van der Waals surface area contributed by atoms with Crippen molar-refractivity contribution in [3.8, 4) is 11.4 Å². The molecule has 0 amide bonds. The second kappa shape index (κ2) is 5.01. The van der Waals surface area contributed by atoms with Gasteiger partial charge in [0, 0.05) is 13.3 Å². The number of hydrogen-bond donors (Lipinski definition) is 0. The Hall–Kier alpha value is -1.81. The zero-order valence-electron chi connectivity index (χ0n) is 10.3. The number of nitrogens with zero attached hydrogens (tertiary/aromatic N) is 2. The SMILES string of the molecule is COCc1cn(-c2ccc(C)cc2OC)cn1. The van der Waals surface area contributed by atoms with Gasteiger partial charge in [0.2, 0.25) is 0 Å². The average molecular weight is 232 g/mol. The number of hydrogen-bond acceptors (Lipinski definition) is 3. The minimum absolute atomic E-state index is 0.515. The van der Waals surface area contributed by atoms with Crippen LogP contribution in [-0.4, -0.2) is 23.8 Å². The van der Waals surface area contributed by atoms with E-state index >= 15 is 0 Å². The lowest BCUT2D eigenvalue weighted by Gasteiger charge is -2.09. The molecule has 0 spiro atoms. The number of rotatable bonds is 4. The Balaban J connectivity index is 2.37. The average Bonchev–Trinajstić information content (AvgIpc) is 2.78. The van der Waals surface area contributed by atoms with Gasteiger partial charge in [-0.15, -0.1) is 0 Å². The standard InChI is InChI=1S/C13H16N2O2/c1-10-4-5-12(13(6-10)17-3)15-7-11(8-16-2)14-9-15/h4-7,9H,8H2,1-3H3. The van der Waals surface area contributed by atoms with E-state index in [4.69, 9.17) is 9.47 Å². The maximum absolute atomic E-state index is 5.37. The number of aryl methyl sites for hydroxylation is 1. The van der Waals surface area contributed by atoms with E-state index in [9.17, 15) is 0 Å². The van der Waals surface area contributed by atoms with E-state index < -0.39 is 0 Å². The highest BCUT2D eigenvalue weighted by Crippen LogP contribution is 2.24. The molecule has 2 aromatic rings. The van der Waals surface area contributed by atoms with Crippen molar-refractivity contribution < 1.29 is 9.47 Å². The van der Waals surface area contributed by atoms with E-state index in [0.717, 1.165) is 17.1 Å². The Kier molecular flexibility index (Phi) is 3.44. The van der Waals surface area contributed by atoms with E-state index in [0.29, 0.717) is 6.61 Å². The van der Waals surface area contributed by atoms with Gasteiger partial charge in [0.1, 0.15) is 5.75 Å². The second-order valence-electron chi connectivity index (χ2n) is 3.88. The molecule has 4 heteroatoms. The van der Waals surface area contributed by atoms with Crippen molar-refractivity contribution in [3.63, 3.8) is 0 Å². The first-order valence-corrected chi connectivity index (χ1v) is 5.41. The molecule has 0 saturated carbocycles. The summed E-state index contributed by atoms with van der Waals surface area (Å²) in [5.41, 5.74) is 3.05. The molecule has 2 rings (SSSR count). The van der Waals surface area contributed by atoms with E-state index in [2.05, 4.69) is 4.98 Å². The quantitative estimate of drug-likeness (QED) is 0.811. The van der Waals surface area contributed by atoms with Gasteiger partial charge in [0.25, 0.3) is 0 Å². The minimum atomic E-state index is 0.515. The van der Waals surface area contributed by atoms with Crippen LogP contribution < -0.4 is 4.74 Å². The molecular weight excluding hydrogens is 216 g/mol. The van der Waals surface area contributed by atoms with Crippen LogP contribution in [0.4, 0.5) is 0 Å². The Bertz CT molecular complexity index is 506. The van der Waals surface area contributed by atoms with Crippen LogP contribution in [0.3, 0.4) is 0 Å². The zero-order valence-corrected chi connectivity index (χ0v) is 10.3. The molecule has 0 unspecified atom stereocenters. The van der Waals surface area contributed by atoms with Crippen LogP contribution in [0.15, 0.2) is 30.7 Å². The lowest BCUT2D eigenvalue weighted by atomic mass is 10.2. The first-order chi connectivity index (χ1) is 8.24. The summed E-state index contributed by atoms with van der Waals surface area (Å²) in [5, 5.41) is 0. The van der Waals surface area contributed by atoms with Gasteiger partial charge in [-0.3, -0.25) is 0 Å². The summed E-state index contributed by atoms with van der Waals surface area (Å²) in [6.45, 7) is 2.55. The highest BCUT2D eigenvalue weighted by Gasteiger charge is 2.06. The summed E-state index contributed by atoms with van der Waals surface area (Å²) in [6.07, 6.45) is 3.71. The van der Waals surface area contributed by atoms with Gasteiger partial charge in [-0.25, -0.2) is 4.98 Å². The van der Waals surface area contributed by atoms with Crippen molar-refractivity contribution in [2.75, 3.05) is 14.2 Å². The largest absolute Gasteiger partial charge is 0.495 e. The van der Waals surface area contributed by atoms with Crippen molar-refractivity contribution in [2.45, 2.75) is 13.5 Å². The predicted octanol–water partition coefficient (Wildman–Crippen LogP) is 2.34. The maximum atomic E-state index is 5.37. The third kappa shape index (κ3) is 2.47. The van der Waals surface area contributed by atoms with Gasteiger partial charge in [0.05, 0.1) is 31.4 Å². The lowest BCUT2D eigenvalue weighted by Crippen LogP contribution is -1.96. The molecule has 0 saturated heterocycles. The van der Waals surface area contributed by atoms with Crippen LogP contribution in [0.5, 0.6) is 5.75 Å². The lowest BCUT2D eigenvalue weighted by molar-refractivity contribution is 0.182. The number of imidazole rings is 1. The van der Waals surface area contributed by atoms with Crippen LogP contribution in [0.1, 0.15) is 11.3 Å². The summed E-state index contributed by atoms with van der Waals surface area (Å²) in [5.74, 6) is 0.839. The Morgan fingerprint density at radius 3 is 2.82 bits per heavy atom. The fourth-order valence-electron chi connectivity index (χ4n) is 1.72. The van der Waals surface area contributed by atoms with Crippen molar-refractivity contribution in [3.05, 3.63) is 42.0 Å². The summed E-state index contributed by atoms with van der Waals surface area (Å²) < 4.78 is 12.4. The van der Waals surface area contributed by atoms with Gasteiger partial charge in [-0.2, -0.15) is 0 Å². The van der Waals surface area contributed by atoms with E-state index in [1.165, 1.54) is 5.56 Å². The molecule has 1 heterocycles. The van der Waals surface area contributed by atoms with Gasteiger partial charge < -0.3 is 14.0 Å². The van der Waals surface area contributed by atoms with E-state index in [-0.39, 0.29) is 0 Å². The minimum Gasteiger partial charge on any atom is -0.495 e. The zero-order chi connectivity index (χ0) is 12.3. The monoisotopic (exact) mass is 232 g/mol. The maximum Gasteiger partial charge on any atom is 0.143 e. The smallest absolute Gasteiger partial charge is 0.143 e. The number of aromatic nitrogens is 2. The Labute approximate surface area is 101 Å². The topological polar surface area (TPSA) is 36.3 Å². The molecule has 0 aliphatic carbocycles. The predicted molar refractivity (Wildman–Crippen MR) is 65.6 cm³/mol. The number of methoxy groups -OCH3 is 2. The molecule has 0 atom stereocenters. The molecule has 0 fully saturated rings.